The van der Waals surface area contributed by atoms with Crippen molar-refractivity contribution in [3.63, 3.8) is 0 Å². The summed E-state index contributed by atoms with van der Waals surface area (Å²) in [4.78, 5) is 45.7. The molecule has 1 rings (SSSR count). The molecule has 0 spiro atoms. The molecule has 0 aromatic carbocycles. The molecule has 148 valence electrons. The third-order valence-corrected chi connectivity index (χ3v) is 4.34. The maximum absolute atomic E-state index is 12.3. The van der Waals surface area contributed by atoms with Crippen molar-refractivity contribution in [1.82, 2.24) is 10.6 Å². The van der Waals surface area contributed by atoms with Gasteiger partial charge in [-0.05, 0) is 25.2 Å². The Labute approximate surface area is 151 Å². The number of nitrogens with one attached hydrogen (secondary N) is 2. The summed E-state index contributed by atoms with van der Waals surface area (Å²) in [5.41, 5.74) is 5.40. The average Bonchev–Trinajstić information content (AvgIpc) is 3.39. The van der Waals surface area contributed by atoms with E-state index < -0.39 is 42.1 Å². The van der Waals surface area contributed by atoms with Crippen molar-refractivity contribution >= 4 is 23.8 Å². The van der Waals surface area contributed by atoms with E-state index in [0.717, 1.165) is 0 Å². The van der Waals surface area contributed by atoms with Gasteiger partial charge < -0.3 is 31.3 Å². The van der Waals surface area contributed by atoms with Gasteiger partial charge in [-0.1, -0.05) is 20.3 Å². The average molecular weight is 373 g/mol. The summed E-state index contributed by atoms with van der Waals surface area (Å²) in [5, 5.41) is 22.7. The van der Waals surface area contributed by atoms with Gasteiger partial charge in [0.05, 0.1) is 0 Å². The van der Waals surface area contributed by atoms with Crippen LogP contribution in [0.25, 0.3) is 0 Å². The summed E-state index contributed by atoms with van der Waals surface area (Å²) < 4.78 is 4.79. The van der Waals surface area contributed by atoms with Gasteiger partial charge >= 0.3 is 11.9 Å². The minimum absolute atomic E-state index is 0.151. The molecule has 0 aromatic heterocycles. The van der Waals surface area contributed by atoms with E-state index in [2.05, 4.69) is 10.6 Å². The molecule has 2 amide bonds. The van der Waals surface area contributed by atoms with Gasteiger partial charge in [-0.2, -0.15) is 0 Å². The maximum Gasteiger partial charge on any atom is 0.336 e. The number of rotatable bonds is 12. The number of ether oxygens (including phenoxy) is 1. The predicted octanol–water partition coefficient (Wildman–Crippen LogP) is -0.932. The Morgan fingerprint density at radius 3 is 2.31 bits per heavy atom. The lowest BCUT2D eigenvalue weighted by atomic mass is 9.98. The van der Waals surface area contributed by atoms with Crippen LogP contribution in [0, 0.1) is 5.92 Å². The fraction of sp³-hybridized carbons (Fsp3) is 0.750. The van der Waals surface area contributed by atoms with Gasteiger partial charge in [-0.25, -0.2) is 4.79 Å². The first-order chi connectivity index (χ1) is 12.2. The quantitative estimate of drug-likeness (QED) is 0.215. The van der Waals surface area contributed by atoms with E-state index in [9.17, 15) is 19.2 Å². The Morgan fingerprint density at radius 1 is 1.15 bits per heavy atom. The van der Waals surface area contributed by atoms with Crippen LogP contribution in [0.1, 0.15) is 39.5 Å². The molecule has 0 aromatic rings. The molecule has 10 nitrogen and oxygen atoms in total. The highest BCUT2D eigenvalue weighted by Crippen LogP contribution is 2.23. The molecule has 0 unspecified atom stereocenters. The molecule has 1 heterocycles. The third-order valence-electron chi connectivity index (χ3n) is 4.34. The molecule has 5 atom stereocenters. The van der Waals surface area contributed by atoms with Crippen LogP contribution in [-0.4, -0.2) is 64.8 Å². The first-order valence-electron chi connectivity index (χ1n) is 8.63. The van der Waals surface area contributed by atoms with Gasteiger partial charge in [0.15, 0.2) is 12.2 Å². The second-order valence-electron chi connectivity index (χ2n) is 6.42. The van der Waals surface area contributed by atoms with Crippen molar-refractivity contribution in [2.24, 2.45) is 11.7 Å². The van der Waals surface area contributed by atoms with Crippen LogP contribution >= 0.6 is 0 Å². The second kappa shape index (κ2) is 10.1. The summed E-state index contributed by atoms with van der Waals surface area (Å²) in [5.74, 6) is -3.42. The number of carbonyl (C=O) groups excluding carboxylic acids is 2. The highest BCUT2D eigenvalue weighted by atomic mass is 16.6. The van der Waals surface area contributed by atoms with Gasteiger partial charge in [-0.3, -0.25) is 14.4 Å². The Bertz CT molecular complexity index is 540. The minimum atomic E-state index is -1.21. The van der Waals surface area contributed by atoms with Crippen molar-refractivity contribution in [3.8, 4) is 0 Å². The van der Waals surface area contributed by atoms with Crippen LogP contribution in [0.15, 0.2) is 0 Å². The van der Waals surface area contributed by atoms with Crippen LogP contribution in [0.4, 0.5) is 0 Å². The van der Waals surface area contributed by atoms with Crippen LogP contribution in [0.2, 0.25) is 0 Å². The summed E-state index contributed by atoms with van der Waals surface area (Å²) >= 11 is 0. The minimum Gasteiger partial charge on any atom is -0.480 e. The second-order valence-corrected chi connectivity index (χ2v) is 6.42. The number of hydrogen-bond acceptors (Lipinski definition) is 6. The zero-order valence-electron chi connectivity index (χ0n) is 14.9. The van der Waals surface area contributed by atoms with E-state index in [0.29, 0.717) is 32.2 Å². The van der Waals surface area contributed by atoms with Gasteiger partial charge in [0.1, 0.15) is 12.1 Å². The number of unbranched alkanes of at least 4 members (excludes halogenated alkanes) is 1. The van der Waals surface area contributed by atoms with Crippen molar-refractivity contribution in [2.75, 3.05) is 6.54 Å². The van der Waals surface area contributed by atoms with Crippen LogP contribution < -0.4 is 16.4 Å². The number of carboxylic acids is 2. The molecule has 1 aliphatic rings. The number of amides is 2. The summed E-state index contributed by atoms with van der Waals surface area (Å²) in [7, 11) is 0. The van der Waals surface area contributed by atoms with Gasteiger partial charge in [0, 0.05) is 6.54 Å². The van der Waals surface area contributed by atoms with Gasteiger partial charge in [0.25, 0.3) is 5.91 Å². The lowest BCUT2D eigenvalue weighted by Gasteiger charge is -2.23. The molecule has 0 radical (unpaired) electrons. The molecular weight excluding hydrogens is 346 g/mol. The fourth-order valence-electron chi connectivity index (χ4n) is 2.37. The maximum atomic E-state index is 12.3. The van der Waals surface area contributed by atoms with E-state index in [-0.39, 0.29) is 11.8 Å². The van der Waals surface area contributed by atoms with Crippen molar-refractivity contribution in [1.29, 1.82) is 0 Å². The zero-order chi connectivity index (χ0) is 19.9. The molecule has 10 heteroatoms. The topological polar surface area (TPSA) is 171 Å². The summed E-state index contributed by atoms with van der Waals surface area (Å²) in [6.45, 7) is 4.00. The largest absolute Gasteiger partial charge is 0.480 e. The number of aliphatic carboxylic acids is 2. The normalized spacial score (nSPS) is 22.0. The number of nitrogens with two attached hydrogens (primary N) is 1. The lowest BCUT2D eigenvalue weighted by Crippen LogP contribution is -2.51. The molecule has 1 saturated heterocycles. The first kappa shape index (κ1) is 21.8. The van der Waals surface area contributed by atoms with E-state index in [4.69, 9.17) is 20.7 Å². The van der Waals surface area contributed by atoms with Crippen molar-refractivity contribution in [3.05, 3.63) is 0 Å². The highest BCUT2D eigenvalue weighted by molar-refractivity contribution is 5.95. The number of epoxide rings is 1. The Balaban J connectivity index is 2.43. The van der Waals surface area contributed by atoms with E-state index in [1.807, 2.05) is 6.92 Å². The smallest absolute Gasteiger partial charge is 0.336 e. The summed E-state index contributed by atoms with van der Waals surface area (Å²) in [6, 6.07) is -1.72. The Kier molecular flexibility index (Phi) is 8.46. The Hall–Kier alpha value is -2.20. The first-order valence-corrected chi connectivity index (χ1v) is 8.63. The van der Waals surface area contributed by atoms with Gasteiger partial charge in [0.2, 0.25) is 5.91 Å². The number of hydrogen-bond donors (Lipinski definition) is 5. The predicted molar refractivity (Wildman–Crippen MR) is 90.2 cm³/mol. The molecule has 6 N–H and O–H groups in total. The van der Waals surface area contributed by atoms with E-state index >= 15 is 0 Å². The summed E-state index contributed by atoms with van der Waals surface area (Å²) in [6.07, 6.45) is -0.171. The molecule has 1 fully saturated rings. The van der Waals surface area contributed by atoms with E-state index in [1.54, 1.807) is 6.92 Å². The monoisotopic (exact) mass is 373 g/mol. The van der Waals surface area contributed by atoms with Crippen LogP contribution in [0.3, 0.4) is 0 Å². The molecule has 1 aliphatic heterocycles. The molecule has 0 saturated carbocycles. The standard InChI is InChI=1S/C16H27N3O7/c1-3-8(2)10(19-14(21)11-12(26-11)16(24)25)13(20)18-7-5-4-6-9(17)15(22)23/h8-12H,3-7,17H2,1-2H3,(H,18,20)(H,19,21)(H,22,23)(H,24,25)/t8-,9-,10+,11+,12+/m1/s1. The molecular formula is C16H27N3O7. The van der Waals surface area contributed by atoms with Crippen molar-refractivity contribution < 1.29 is 34.1 Å². The number of carbonyl (C=O) groups is 4. The van der Waals surface area contributed by atoms with Crippen LogP contribution in [0.5, 0.6) is 0 Å². The van der Waals surface area contributed by atoms with Crippen molar-refractivity contribution in [2.45, 2.75) is 63.8 Å². The molecule has 26 heavy (non-hydrogen) atoms. The zero-order valence-corrected chi connectivity index (χ0v) is 14.9. The third kappa shape index (κ3) is 6.60. The molecule has 0 aliphatic carbocycles. The number of carboxylic acid groups (broad SMARTS) is 2. The molecule has 0 bridgehead atoms. The fourth-order valence-corrected chi connectivity index (χ4v) is 2.37. The van der Waals surface area contributed by atoms with Gasteiger partial charge in [-0.15, -0.1) is 0 Å². The SMILES string of the molecule is CC[C@@H](C)[C@H](NC(=O)[C@H]1O[C@@H]1C(=O)O)C(=O)NCCCC[C@@H](N)C(=O)O. The van der Waals surface area contributed by atoms with Crippen LogP contribution in [-0.2, 0) is 23.9 Å². The lowest BCUT2D eigenvalue weighted by molar-refractivity contribution is -0.139. The Morgan fingerprint density at radius 2 is 1.81 bits per heavy atom. The highest BCUT2D eigenvalue weighted by Gasteiger charge is 2.51. The van der Waals surface area contributed by atoms with E-state index in [1.165, 1.54) is 0 Å².